The van der Waals surface area contributed by atoms with Crippen LogP contribution in [0.1, 0.15) is 37.6 Å². The van der Waals surface area contributed by atoms with Gasteiger partial charge in [-0.2, -0.15) is 18.4 Å². The summed E-state index contributed by atoms with van der Waals surface area (Å²) in [6, 6.07) is 4.29. The van der Waals surface area contributed by atoms with E-state index in [1.54, 1.807) is 32.0 Å². The highest BCUT2D eigenvalue weighted by Gasteiger charge is 2.47. The van der Waals surface area contributed by atoms with Crippen LogP contribution in [0.15, 0.2) is 29.6 Å². The van der Waals surface area contributed by atoms with E-state index in [-0.39, 0.29) is 17.9 Å². The van der Waals surface area contributed by atoms with E-state index >= 15 is 0 Å². The fourth-order valence-corrected chi connectivity index (χ4v) is 3.99. The zero-order valence-corrected chi connectivity index (χ0v) is 17.2. The van der Waals surface area contributed by atoms with Crippen molar-refractivity contribution in [3.8, 4) is 16.6 Å². The summed E-state index contributed by atoms with van der Waals surface area (Å²) in [6.45, 7) is 4.84. The molecule has 0 spiro atoms. The fraction of sp³-hybridized carbons (Fsp3) is 0.450. The number of halogens is 3. The molecule has 29 heavy (non-hydrogen) atoms. The molecule has 2 rings (SSSR count). The van der Waals surface area contributed by atoms with Crippen LogP contribution in [0.5, 0.6) is 0 Å². The van der Waals surface area contributed by atoms with Gasteiger partial charge in [0.15, 0.2) is 0 Å². The maximum absolute atomic E-state index is 14.1. The van der Waals surface area contributed by atoms with E-state index in [1.165, 1.54) is 23.5 Å². The van der Waals surface area contributed by atoms with E-state index < -0.39 is 30.7 Å². The van der Waals surface area contributed by atoms with E-state index in [1.807, 2.05) is 12.3 Å². The predicted octanol–water partition coefficient (Wildman–Crippen LogP) is 4.45. The maximum Gasteiger partial charge on any atom is 0.408 e. The SMILES string of the molecule is Cc1csc(-c2ccc([C@H](N(CC#N)[C@@H](CC(C)C)C(N)=O)C(F)(F)F)cc2)n1. The summed E-state index contributed by atoms with van der Waals surface area (Å²) in [4.78, 5) is 17.1. The Hall–Kier alpha value is -2.44. The van der Waals surface area contributed by atoms with Gasteiger partial charge >= 0.3 is 6.18 Å². The second-order valence-electron chi connectivity index (χ2n) is 7.24. The van der Waals surface area contributed by atoms with Crippen LogP contribution in [-0.2, 0) is 4.79 Å². The number of amides is 1. The standard InChI is InChI=1S/C20H23F3N4OS/c1-12(2)10-16(18(25)28)27(9-8-24)17(20(21,22)23)14-4-6-15(7-5-14)19-26-13(3)11-29-19/h4-7,11-12,16-17H,9-10H2,1-3H3,(H2,25,28)/t16-,17-/m0/s1. The van der Waals surface area contributed by atoms with Gasteiger partial charge in [-0.1, -0.05) is 38.1 Å². The second-order valence-corrected chi connectivity index (χ2v) is 8.10. The van der Waals surface area contributed by atoms with Gasteiger partial charge in [-0.05, 0) is 24.8 Å². The Bertz CT molecular complexity index is 871. The molecular formula is C20H23F3N4OS. The first-order valence-electron chi connectivity index (χ1n) is 9.05. The van der Waals surface area contributed by atoms with Crippen molar-refractivity contribution in [1.29, 1.82) is 5.26 Å². The summed E-state index contributed by atoms with van der Waals surface area (Å²) in [7, 11) is 0. The number of carbonyl (C=O) groups is 1. The van der Waals surface area contributed by atoms with Gasteiger partial charge in [0.25, 0.3) is 0 Å². The molecule has 0 bridgehead atoms. The number of benzene rings is 1. The van der Waals surface area contributed by atoms with Crippen LogP contribution in [0, 0.1) is 24.2 Å². The molecule has 1 aromatic carbocycles. The van der Waals surface area contributed by atoms with Crippen LogP contribution >= 0.6 is 11.3 Å². The van der Waals surface area contributed by atoms with Crippen molar-refractivity contribution in [3.63, 3.8) is 0 Å². The Balaban J connectivity index is 2.47. The Morgan fingerprint density at radius 3 is 2.34 bits per heavy atom. The van der Waals surface area contributed by atoms with E-state index in [9.17, 15) is 18.0 Å². The highest BCUT2D eigenvalue weighted by molar-refractivity contribution is 7.13. The lowest BCUT2D eigenvalue weighted by Crippen LogP contribution is -2.51. The average molecular weight is 424 g/mol. The average Bonchev–Trinajstić information content (AvgIpc) is 3.05. The molecule has 5 nitrogen and oxygen atoms in total. The van der Waals surface area contributed by atoms with E-state index in [0.29, 0.717) is 10.6 Å². The molecule has 2 N–H and O–H groups in total. The normalized spacial score (nSPS) is 14.0. The van der Waals surface area contributed by atoms with Crippen LogP contribution in [0.3, 0.4) is 0 Å². The predicted molar refractivity (Wildman–Crippen MR) is 106 cm³/mol. The number of alkyl halides is 3. The van der Waals surface area contributed by atoms with E-state index in [4.69, 9.17) is 11.0 Å². The van der Waals surface area contributed by atoms with E-state index in [2.05, 4.69) is 4.98 Å². The van der Waals surface area contributed by atoms with Crippen molar-refractivity contribution < 1.29 is 18.0 Å². The van der Waals surface area contributed by atoms with E-state index in [0.717, 1.165) is 10.6 Å². The summed E-state index contributed by atoms with van der Waals surface area (Å²) in [5.74, 6) is -0.948. The molecule has 2 atom stereocenters. The van der Waals surface area contributed by atoms with Crippen LogP contribution < -0.4 is 5.73 Å². The zero-order chi connectivity index (χ0) is 21.8. The van der Waals surface area contributed by atoms with Crippen molar-refractivity contribution >= 4 is 17.2 Å². The van der Waals surface area contributed by atoms with Crippen LogP contribution in [0.4, 0.5) is 13.2 Å². The third-order valence-electron chi connectivity index (χ3n) is 4.41. The van der Waals surface area contributed by atoms with Crippen molar-refractivity contribution in [3.05, 3.63) is 40.9 Å². The third-order valence-corrected chi connectivity index (χ3v) is 5.42. The number of aromatic nitrogens is 1. The Morgan fingerprint density at radius 2 is 1.93 bits per heavy atom. The molecule has 0 unspecified atom stereocenters. The summed E-state index contributed by atoms with van der Waals surface area (Å²) >= 11 is 1.40. The maximum atomic E-state index is 14.1. The van der Waals surface area contributed by atoms with Gasteiger partial charge < -0.3 is 5.73 Å². The molecule has 0 aliphatic carbocycles. The van der Waals surface area contributed by atoms with Gasteiger partial charge in [-0.3, -0.25) is 9.69 Å². The second kappa shape index (κ2) is 9.37. The van der Waals surface area contributed by atoms with Gasteiger partial charge in [-0.15, -0.1) is 11.3 Å². The summed E-state index contributed by atoms with van der Waals surface area (Å²) < 4.78 is 42.2. The lowest BCUT2D eigenvalue weighted by atomic mass is 9.96. The van der Waals surface area contributed by atoms with Gasteiger partial charge in [0.05, 0.1) is 18.7 Å². The molecule has 1 aromatic heterocycles. The molecule has 1 amide bonds. The summed E-state index contributed by atoms with van der Waals surface area (Å²) in [5, 5.41) is 11.7. The first kappa shape index (κ1) is 22.8. The number of nitrogens with zero attached hydrogens (tertiary/aromatic N) is 3. The number of hydrogen-bond donors (Lipinski definition) is 1. The van der Waals surface area contributed by atoms with Crippen molar-refractivity contribution in [2.45, 2.75) is 45.5 Å². The number of carbonyl (C=O) groups excluding carboxylic acids is 1. The number of thiazole rings is 1. The van der Waals surface area contributed by atoms with Gasteiger partial charge in [0.1, 0.15) is 11.0 Å². The van der Waals surface area contributed by atoms with Gasteiger partial charge in [-0.25, -0.2) is 4.98 Å². The Kier molecular flexibility index (Phi) is 7.38. The largest absolute Gasteiger partial charge is 0.408 e. The molecule has 0 radical (unpaired) electrons. The summed E-state index contributed by atoms with van der Waals surface area (Å²) in [6.07, 6.45) is -4.57. The molecule has 9 heteroatoms. The first-order chi connectivity index (χ1) is 13.5. The van der Waals surface area contributed by atoms with Crippen molar-refractivity contribution in [2.24, 2.45) is 11.7 Å². The lowest BCUT2D eigenvalue weighted by molar-refractivity contribution is -0.192. The van der Waals surface area contributed by atoms with Crippen LogP contribution in [0.25, 0.3) is 10.6 Å². The minimum Gasteiger partial charge on any atom is -0.368 e. The number of nitriles is 1. The number of primary amides is 1. The number of nitrogens with two attached hydrogens (primary N) is 1. The topological polar surface area (TPSA) is 83.0 Å². The molecule has 156 valence electrons. The molecule has 0 aliphatic rings. The Labute approximate surface area is 172 Å². The lowest BCUT2D eigenvalue weighted by Gasteiger charge is -2.37. The first-order valence-corrected chi connectivity index (χ1v) is 9.93. The minimum atomic E-state index is -4.69. The minimum absolute atomic E-state index is 0.0558. The highest BCUT2D eigenvalue weighted by atomic mass is 32.1. The summed E-state index contributed by atoms with van der Waals surface area (Å²) in [5.41, 5.74) is 6.89. The van der Waals surface area contributed by atoms with Gasteiger partial charge in [0, 0.05) is 16.6 Å². The van der Waals surface area contributed by atoms with Crippen molar-refractivity contribution in [2.75, 3.05) is 6.54 Å². The molecule has 2 aromatic rings. The molecule has 1 heterocycles. The smallest absolute Gasteiger partial charge is 0.368 e. The molecule has 0 saturated heterocycles. The molecular weight excluding hydrogens is 401 g/mol. The quantitative estimate of drug-likeness (QED) is 0.635. The van der Waals surface area contributed by atoms with Crippen LogP contribution in [-0.4, -0.2) is 34.6 Å². The van der Waals surface area contributed by atoms with Crippen LogP contribution in [0.2, 0.25) is 0 Å². The third kappa shape index (κ3) is 5.78. The number of aryl methyl sites for hydroxylation is 1. The van der Waals surface area contributed by atoms with Crippen molar-refractivity contribution in [1.82, 2.24) is 9.88 Å². The molecule has 0 aliphatic heterocycles. The number of hydrogen-bond acceptors (Lipinski definition) is 5. The zero-order valence-electron chi connectivity index (χ0n) is 16.4. The monoisotopic (exact) mass is 424 g/mol. The highest BCUT2D eigenvalue weighted by Crippen LogP contribution is 2.40. The fourth-order valence-electron chi connectivity index (χ4n) is 3.19. The molecule has 0 fully saturated rings. The number of rotatable bonds is 8. The Morgan fingerprint density at radius 1 is 1.31 bits per heavy atom. The molecule has 0 saturated carbocycles. The van der Waals surface area contributed by atoms with Gasteiger partial charge in [0.2, 0.25) is 5.91 Å².